The van der Waals surface area contributed by atoms with Crippen molar-refractivity contribution in [2.45, 2.75) is 13.5 Å². The minimum absolute atomic E-state index is 0.356. The van der Waals surface area contributed by atoms with Crippen molar-refractivity contribution in [1.82, 2.24) is 19.1 Å². The first-order valence-electron chi connectivity index (χ1n) is 5.47. The molecule has 0 amide bonds. The van der Waals surface area contributed by atoms with E-state index in [2.05, 4.69) is 21.9 Å². The van der Waals surface area contributed by atoms with Crippen molar-refractivity contribution in [3.8, 4) is 0 Å². The molecule has 0 saturated carbocycles. The first kappa shape index (κ1) is 12.2. The molecule has 18 heavy (non-hydrogen) atoms. The highest BCUT2D eigenvalue weighted by Crippen LogP contribution is 2.15. The highest BCUT2D eigenvalue weighted by Gasteiger charge is 2.16. The predicted octanol–water partition coefficient (Wildman–Crippen LogP) is 0.0411. The lowest BCUT2D eigenvalue weighted by Crippen LogP contribution is -2.29. The summed E-state index contributed by atoms with van der Waals surface area (Å²) >= 11 is 0. The molecule has 0 aliphatic heterocycles. The molecule has 0 aliphatic rings. The van der Waals surface area contributed by atoms with Crippen molar-refractivity contribution in [3.05, 3.63) is 33.0 Å². The molecule has 0 saturated heterocycles. The Labute approximate surface area is 103 Å². The smallest absolute Gasteiger partial charge is 0.329 e. The van der Waals surface area contributed by atoms with Gasteiger partial charge in [0.2, 0.25) is 5.95 Å². The van der Waals surface area contributed by atoms with E-state index in [0.29, 0.717) is 23.7 Å². The van der Waals surface area contributed by atoms with Crippen LogP contribution in [0.3, 0.4) is 0 Å². The summed E-state index contributed by atoms with van der Waals surface area (Å²) in [5.41, 5.74) is 0.691. The Morgan fingerprint density at radius 1 is 1.50 bits per heavy atom. The van der Waals surface area contributed by atoms with Crippen LogP contribution in [0.25, 0.3) is 11.2 Å². The summed E-state index contributed by atoms with van der Waals surface area (Å²) in [6.45, 7) is 6.15. The van der Waals surface area contributed by atoms with Crippen LogP contribution >= 0.6 is 0 Å². The maximum absolute atomic E-state index is 11.9. The molecular formula is C11H15N5O2. The third kappa shape index (κ3) is 1.73. The van der Waals surface area contributed by atoms with Crippen LogP contribution in [0.15, 0.2) is 21.7 Å². The molecule has 2 rings (SSSR count). The molecule has 0 aromatic carbocycles. The van der Waals surface area contributed by atoms with E-state index >= 15 is 0 Å². The van der Waals surface area contributed by atoms with E-state index < -0.39 is 11.2 Å². The van der Waals surface area contributed by atoms with E-state index in [9.17, 15) is 9.59 Å². The second-order valence-electron chi connectivity index (χ2n) is 4.22. The highest BCUT2D eigenvalue weighted by atomic mass is 16.2. The average molecular weight is 249 g/mol. The van der Waals surface area contributed by atoms with Gasteiger partial charge in [-0.15, -0.1) is 0 Å². The lowest BCUT2D eigenvalue weighted by Gasteiger charge is -2.07. The van der Waals surface area contributed by atoms with Crippen molar-refractivity contribution in [3.63, 3.8) is 0 Å². The molecule has 0 spiro atoms. The molecule has 2 aromatic heterocycles. The number of rotatable bonds is 3. The van der Waals surface area contributed by atoms with E-state index in [0.717, 1.165) is 5.57 Å². The van der Waals surface area contributed by atoms with Gasteiger partial charge in [-0.1, -0.05) is 12.2 Å². The predicted molar refractivity (Wildman–Crippen MR) is 70.0 cm³/mol. The number of nitrogens with one attached hydrogen (secondary N) is 2. The molecule has 2 heterocycles. The van der Waals surface area contributed by atoms with E-state index in [-0.39, 0.29) is 0 Å². The zero-order valence-electron chi connectivity index (χ0n) is 10.6. The Morgan fingerprint density at radius 2 is 2.17 bits per heavy atom. The number of nitrogens with zero attached hydrogens (tertiary/aromatic N) is 3. The van der Waals surface area contributed by atoms with Gasteiger partial charge >= 0.3 is 5.69 Å². The number of fused-ring (bicyclic) bond motifs is 1. The van der Waals surface area contributed by atoms with Gasteiger partial charge in [0.05, 0.1) is 0 Å². The van der Waals surface area contributed by atoms with Crippen LogP contribution in [0.4, 0.5) is 5.95 Å². The van der Waals surface area contributed by atoms with Crippen molar-refractivity contribution in [1.29, 1.82) is 0 Å². The maximum Gasteiger partial charge on any atom is 0.329 e. The molecule has 0 atom stereocenters. The number of H-pyrrole nitrogens is 1. The molecule has 0 aliphatic carbocycles. The summed E-state index contributed by atoms with van der Waals surface area (Å²) in [7, 11) is 3.28. The number of aromatic nitrogens is 4. The zero-order valence-corrected chi connectivity index (χ0v) is 10.6. The summed E-state index contributed by atoms with van der Waals surface area (Å²) in [4.78, 5) is 29.9. The SMILES string of the molecule is C=C(C)Cn1c(NC)nc2c1c(=O)[nH]c(=O)n2C. The number of imidazole rings is 1. The molecule has 0 bridgehead atoms. The third-order valence-corrected chi connectivity index (χ3v) is 2.66. The standard InChI is InChI=1S/C11H15N5O2/c1-6(2)5-16-7-8(13-10(16)12-3)15(4)11(18)14-9(7)17/h1,5H2,2-4H3,(H,12,13)(H,14,17,18). The normalized spacial score (nSPS) is 10.8. The summed E-state index contributed by atoms with van der Waals surface area (Å²) < 4.78 is 3.02. The summed E-state index contributed by atoms with van der Waals surface area (Å²) in [6, 6.07) is 0. The molecule has 0 radical (unpaired) electrons. The van der Waals surface area contributed by atoms with E-state index in [4.69, 9.17) is 0 Å². The third-order valence-electron chi connectivity index (χ3n) is 2.66. The summed E-state index contributed by atoms with van der Waals surface area (Å²) in [6.07, 6.45) is 0. The fraction of sp³-hybridized carbons (Fsp3) is 0.364. The van der Waals surface area contributed by atoms with Crippen molar-refractivity contribution < 1.29 is 0 Å². The topological polar surface area (TPSA) is 84.7 Å². The van der Waals surface area contributed by atoms with Crippen LogP contribution in [0.1, 0.15) is 6.92 Å². The number of aromatic amines is 1. The largest absolute Gasteiger partial charge is 0.359 e. The van der Waals surface area contributed by atoms with Crippen molar-refractivity contribution >= 4 is 17.1 Å². The molecule has 2 N–H and O–H groups in total. The van der Waals surface area contributed by atoms with Crippen LogP contribution in [0, 0.1) is 0 Å². The first-order valence-corrected chi connectivity index (χ1v) is 5.47. The number of anilines is 1. The Balaban J connectivity index is 2.91. The van der Waals surface area contributed by atoms with Crippen LogP contribution in [-0.4, -0.2) is 26.1 Å². The minimum Gasteiger partial charge on any atom is -0.359 e. The lowest BCUT2D eigenvalue weighted by molar-refractivity contribution is 0.802. The maximum atomic E-state index is 11.9. The summed E-state index contributed by atoms with van der Waals surface area (Å²) in [5, 5.41) is 2.91. The van der Waals surface area contributed by atoms with E-state index in [1.165, 1.54) is 4.57 Å². The highest BCUT2D eigenvalue weighted by molar-refractivity contribution is 5.74. The molecular weight excluding hydrogens is 234 g/mol. The van der Waals surface area contributed by atoms with Crippen LogP contribution in [0.5, 0.6) is 0 Å². The second-order valence-corrected chi connectivity index (χ2v) is 4.22. The average Bonchev–Trinajstić information content (AvgIpc) is 2.64. The Bertz CT molecular complexity index is 734. The molecule has 7 heteroatoms. The monoisotopic (exact) mass is 249 g/mol. The summed E-state index contributed by atoms with van der Waals surface area (Å²) in [5.74, 6) is 0.528. The molecule has 7 nitrogen and oxygen atoms in total. The van der Waals surface area contributed by atoms with Gasteiger partial charge in [0, 0.05) is 20.6 Å². The van der Waals surface area contributed by atoms with E-state index in [1.54, 1.807) is 18.7 Å². The van der Waals surface area contributed by atoms with Crippen LogP contribution in [-0.2, 0) is 13.6 Å². The van der Waals surface area contributed by atoms with Gasteiger partial charge in [0.1, 0.15) is 0 Å². The van der Waals surface area contributed by atoms with Gasteiger partial charge in [-0.2, -0.15) is 4.98 Å². The van der Waals surface area contributed by atoms with Crippen molar-refractivity contribution in [2.24, 2.45) is 7.05 Å². The van der Waals surface area contributed by atoms with Gasteiger partial charge in [-0.3, -0.25) is 14.3 Å². The zero-order chi connectivity index (χ0) is 13.4. The Morgan fingerprint density at radius 3 is 2.72 bits per heavy atom. The number of aryl methyl sites for hydroxylation is 1. The molecule has 0 unspecified atom stereocenters. The van der Waals surface area contributed by atoms with Crippen LogP contribution < -0.4 is 16.6 Å². The van der Waals surface area contributed by atoms with E-state index in [1.807, 2.05) is 6.92 Å². The number of hydrogen-bond acceptors (Lipinski definition) is 4. The number of hydrogen-bond donors (Lipinski definition) is 2. The van der Waals surface area contributed by atoms with Crippen molar-refractivity contribution in [2.75, 3.05) is 12.4 Å². The Hall–Kier alpha value is -2.31. The first-order chi connectivity index (χ1) is 8.45. The molecule has 96 valence electrons. The quantitative estimate of drug-likeness (QED) is 0.752. The lowest BCUT2D eigenvalue weighted by atomic mass is 10.3. The second kappa shape index (κ2) is 4.17. The van der Waals surface area contributed by atoms with Gasteiger partial charge < -0.3 is 9.88 Å². The number of allylic oxidation sites excluding steroid dienone is 1. The van der Waals surface area contributed by atoms with Gasteiger partial charge in [-0.25, -0.2) is 4.79 Å². The van der Waals surface area contributed by atoms with Gasteiger partial charge in [-0.05, 0) is 6.92 Å². The van der Waals surface area contributed by atoms with Gasteiger partial charge in [0.25, 0.3) is 5.56 Å². The fourth-order valence-electron chi connectivity index (χ4n) is 1.85. The minimum atomic E-state index is -0.477. The fourth-order valence-corrected chi connectivity index (χ4v) is 1.85. The van der Waals surface area contributed by atoms with Crippen LogP contribution in [0.2, 0.25) is 0 Å². The Kier molecular flexibility index (Phi) is 2.82. The molecule has 2 aromatic rings. The van der Waals surface area contributed by atoms with Gasteiger partial charge in [0.15, 0.2) is 11.2 Å². The molecule has 0 fully saturated rings.